The Morgan fingerprint density at radius 3 is 2.75 bits per heavy atom. The molecule has 2 aromatic rings. The number of nitrogens with zero attached hydrogens (tertiary/aromatic N) is 2. The third-order valence-electron chi connectivity index (χ3n) is 3.09. The first kappa shape index (κ1) is 18.7. The van der Waals surface area contributed by atoms with E-state index < -0.39 is 0 Å². The van der Waals surface area contributed by atoms with Crippen molar-refractivity contribution in [3.05, 3.63) is 46.2 Å². The summed E-state index contributed by atoms with van der Waals surface area (Å²) in [6, 6.07) is 6.58. The fraction of sp³-hybridized carbons (Fsp3) is 0.412. The smallest absolute Gasteiger partial charge is 0.191 e. The van der Waals surface area contributed by atoms with Crippen LogP contribution >= 0.6 is 23.1 Å². The van der Waals surface area contributed by atoms with Gasteiger partial charge in [0.05, 0.1) is 5.01 Å². The number of halogens is 1. The molecule has 0 fully saturated rings. The number of aromatic nitrogens is 1. The Morgan fingerprint density at radius 1 is 1.29 bits per heavy atom. The Kier molecular flexibility index (Phi) is 8.04. The molecule has 0 aliphatic rings. The molecule has 24 heavy (non-hydrogen) atoms. The van der Waals surface area contributed by atoms with Crippen LogP contribution in [0.5, 0.6) is 0 Å². The van der Waals surface area contributed by atoms with E-state index in [0.29, 0.717) is 6.54 Å². The minimum absolute atomic E-state index is 0.200. The molecule has 0 saturated heterocycles. The first-order chi connectivity index (χ1) is 11.7. The minimum atomic E-state index is -0.200. The molecule has 0 radical (unpaired) electrons. The van der Waals surface area contributed by atoms with Crippen molar-refractivity contribution in [2.24, 2.45) is 4.99 Å². The van der Waals surface area contributed by atoms with E-state index in [0.717, 1.165) is 41.1 Å². The second kappa shape index (κ2) is 10.3. The Balaban J connectivity index is 1.71. The van der Waals surface area contributed by atoms with Crippen molar-refractivity contribution in [1.29, 1.82) is 0 Å². The Bertz CT molecular complexity index is 640. The third-order valence-corrected chi connectivity index (χ3v) is 5.07. The molecule has 2 N–H and O–H groups in total. The molecule has 0 unspecified atom stereocenters. The number of aryl methyl sites for hydroxylation is 1. The van der Waals surface area contributed by atoms with Gasteiger partial charge in [-0.05, 0) is 38.1 Å². The van der Waals surface area contributed by atoms with Crippen LogP contribution in [-0.2, 0) is 6.42 Å². The van der Waals surface area contributed by atoms with Crippen molar-refractivity contribution >= 4 is 29.1 Å². The Morgan fingerprint density at radius 2 is 2.08 bits per heavy atom. The van der Waals surface area contributed by atoms with E-state index in [1.165, 1.54) is 17.0 Å². The first-order valence-electron chi connectivity index (χ1n) is 7.99. The first-order valence-corrected chi connectivity index (χ1v) is 9.79. The molecule has 0 spiro atoms. The lowest BCUT2D eigenvalue weighted by molar-refractivity contribution is 0.626. The van der Waals surface area contributed by atoms with Gasteiger partial charge in [0.1, 0.15) is 5.82 Å². The number of hydrogen-bond donors (Lipinski definition) is 2. The summed E-state index contributed by atoms with van der Waals surface area (Å²) >= 11 is 3.41. The molecule has 0 amide bonds. The molecule has 0 atom stereocenters. The zero-order chi connectivity index (χ0) is 17.2. The van der Waals surface area contributed by atoms with Crippen LogP contribution in [0.1, 0.15) is 16.8 Å². The van der Waals surface area contributed by atoms with E-state index in [9.17, 15) is 4.39 Å². The van der Waals surface area contributed by atoms with Gasteiger partial charge in [-0.3, -0.25) is 4.99 Å². The number of hydrogen-bond acceptors (Lipinski definition) is 4. The number of benzene rings is 1. The van der Waals surface area contributed by atoms with Crippen molar-refractivity contribution in [3.63, 3.8) is 0 Å². The lowest BCUT2D eigenvalue weighted by atomic mass is 10.4. The van der Waals surface area contributed by atoms with Gasteiger partial charge in [-0.25, -0.2) is 9.37 Å². The van der Waals surface area contributed by atoms with Crippen molar-refractivity contribution < 1.29 is 4.39 Å². The van der Waals surface area contributed by atoms with E-state index in [1.54, 1.807) is 35.2 Å². The number of thiazole rings is 1. The maximum atomic E-state index is 12.9. The topological polar surface area (TPSA) is 49.3 Å². The summed E-state index contributed by atoms with van der Waals surface area (Å²) in [6.07, 6.45) is 2.76. The van der Waals surface area contributed by atoms with Gasteiger partial charge < -0.3 is 10.6 Å². The molecule has 1 aromatic heterocycles. The van der Waals surface area contributed by atoms with Gasteiger partial charge in [-0.15, -0.1) is 23.1 Å². The van der Waals surface area contributed by atoms with Crippen LogP contribution in [0, 0.1) is 12.7 Å². The van der Waals surface area contributed by atoms with Crippen molar-refractivity contribution in [2.45, 2.75) is 25.2 Å². The highest BCUT2D eigenvalue weighted by molar-refractivity contribution is 7.99. The summed E-state index contributed by atoms with van der Waals surface area (Å²) in [5.41, 5.74) is 0. The van der Waals surface area contributed by atoms with Gasteiger partial charge in [0, 0.05) is 47.8 Å². The normalized spacial score (nSPS) is 11.5. The molecule has 1 aromatic carbocycles. The van der Waals surface area contributed by atoms with E-state index in [-0.39, 0.29) is 5.82 Å². The van der Waals surface area contributed by atoms with Crippen LogP contribution in [0.15, 0.2) is 40.4 Å². The molecule has 130 valence electrons. The Hall–Kier alpha value is -1.60. The molecule has 7 heteroatoms. The highest BCUT2D eigenvalue weighted by Gasteiger charge is 2.00. The largest absolute Gasteiger partial charge is 0.357 e. The molecule has 0 saturated carbocycles. The fourth-order valence-corrected chi connectivity index (χ4v) is 3.54. The predicted octanol–water partition coefficient (Wildman–Crippen LogP) is 3.48. The van der Waals surface area contributed by atoms with Gasteiger partial charge in [-0.2, -0.15) is 0 Å². The monoisotopic (exact) mass is 366 g/mol. The predicted molar refractivity (Wildman–Crippen MR) is 102 cm³/mol. The van der Waals surface area contributed by atoms with Crippen molar-refractivity contribution in [1.82, 2.24) is 15.6 Å². The highest BCUT2D eigenvalue weighted by Crippen LogP contribution is 2.17. The molecule has 0 aliphatic heterocycles. The highest BCUT2D eigenvalue weighted by atomic mass is 32.2. The lowest BCUT2D eigenvalue weighted by Gasteiger charge is -2.11. The number of aliphatic imine (C=N–C) groups is 1. The van der Waals surface area contributed by atoms with E-state index in [4.69, 9.17) is 0 Å². The van der Waals surface area contributed by atoms with Gasteiger partial charge in [-0.1, -0.05) is 0 Å². The summed E-state index contributed by atoms with van der Waals surface area (Å²) in [4.78, 5) is 11.2. The van der Waals surface area contributed by atoms with E-state index in [2.05, 4.69) is 34.5 Å². The summed E-state index contributed by atoms with van der Waals surface area (Å²) in [5.74, 6) is 1.52. The molecule has 2 rings (SSSR count). The molecule has 4 nitrogen and oxygen atoms in total. The summed E-state index contributed by atoms with van der Waals surface area (Å²) in [7, 11) is 0. The maximum absolute atomic E-state index is 12.9. The minimum Gasteiger partial charge on any atom is -0.357 e. The standard InChI is InChI=1S/C17H23FN4S2/c1-3-19-17(20-9-8-16-22-12-13(2)24-16)21-10-11-23-15-6-4-14(18)5-7-15/h4-7,12H,3,8-11H2,1-2H3,(H2,19,20,21). The number of thioether (sulfide) groups is 1. The second-order valence-electron chi connectivity index (χ2n) is 5.10. The van der Waals surface area contributed by atoms with Crippen molar-refractivity contribution in [2.75, 3.05) is 25.4 Å². The van der Waals surface area contributed by atoms with Crippen LogP contribution < -0.4 is 10.6 Å². The molecular formula is C17H23FN4S2. The quantitative estimate of drug-likeness (QED) is 0.325. The van der Waals surface area contributed by atoms with Crippen LogP contribution in [0.25, 0.3) is 0 Å². The number of rotatable bonds is 8. The van der Waals surface area contributed by atoms with E-state index in [1.807, 2.05) is 6.20 Å². The lowest BCUT2D eigenvalue weighted by Crippen LogP contribution is -2.38. The Labute approximate surface area is 151 Å². The number of nitrogens with one attached hydrogen (secondary N) is 2. The zero-order valence-electron chi connectivity index (χ0n) is 14.0. The SMILES string of the molecule is CCNC(=NCCc1ncc(C)s1)NCCSc1ccc(F)cc1. The maximum Gasteiger partial charge on any atom is 0.191 e. The summed E-state index contributed by atoms with van der Waals surface area (Å²) < 4.78 is 12.9. The van der Waals surface area contributed by atoms with Crippen LogP contribution in [0.4, 0.5) is 4.39 Å². The molecule has 1 heterocycles. The van der Waals surface area contributed by atoms with Crippen LogP contribution in [-0.4, -0.2) is 36.3 Å². The average molecular weight is 367 g/mol. The van der Waals surface area contributed by atoms with Gasteiger partial charge >= 0.3 is 0 Å². The zero-order valence-corrected chi connectivity index (χ0v) is 15.6. The summed E-state index contributed by atoms with van der Waals surface area (Å²) in [5, 5.41) is 7.69. The van der Waals surface area contributed by atoms with Gasteiger partial charge in [0.25, 0.3) is 0 Å². The van der Waals surface area contributed by atoms with E-state index >= 15 is 0 Å². The average Bonchev–Trinajstić information content (AvgIpc) is 2.98. The third kappa shape index (κ3) is 6.88. The van der Waals surface area contributed by atoms with Crippen LogP contribution in [0.2, 0.25) is 0 Å². The van der Waals surface area contributed by atoms with Gasteiger partial charge in [0.2, 0.25) is 0 Å². The van der Waals surface area contributed by atoms with Crippen LogP contribution in [0.3, 0.4) is 0 Å². The van der Waals surface area contributed by atoms with Crippen molar-refractivity contribution in [3.8, 4) is 0 Å². The molecule has 0 aliphatic carbocycles. The summed E-state index contributed by atoms with van der Waals surface area (Å²) in [6.45, 7) is 6.45. The second-order valence-corrected chi connectivity index (χ2v) is 7.59. The molecule has 0 bridgehead atoms. The van der Waals surface area contributed by atoms with Gasteiger partial charge in [0.15, 0.2) is 5.96 Å². The fourth-order valence-electron chi connectivity index (χ4n) is 1.99. The number of guanidine groups is 1. The molecular weight excluding hydrogens is 343 g/mol.